The summed E-state index contributed by atoms with van der Waals surface area (Å²) in [5, 5.41) is 0. The van der Waals surface area contributed by atoms with Gasteiger partial charge in [-0.05, 0) is 30.4 Å². The molecule has 1 aromatic carbocycles. The molecule has 3 nitrogen and oxygen atoms in total. The molecule has 0 bridgehead atoms. The predicted octanol–water partition coefficient (Wildman–Crippen LogP) is 3.63. The van der Waals surface area contributed by atoms with Gasteiger partial charge in [-0.25, -0.2) is 13.1 Å². The van der Waals surface area contributed by atoms with Gasteiger partial charge < -0.3 is 0 Å². The highest BCUT2D eigenvalue weighted by atomic mass is 32.2. The van der Waals surface area contributed by atoms with Gasteiger partial charge >= 0.3 is 0 Å². The van der Waals surface area contributed by atoms with Crippen molar-refractivity contribution >= 4 is 10.0 Å². The smallest absolute Gasteiger partial charge is 0.215 e. The van der Waals surface area contributed by atoms with Gasteiger partial charge in [0, 0.05) is 6.54 Å². The van der Waals surface area contributed by atoms with Crippen molar-refractivity contribution in [1.29, 1.82) is 0 Å². The van der Waals surface area contributed by atoms with Gasteiger partial charge in [0.2, 0.25) is 10.0 Å². The van der Waals surface area contributed by atoms with Crippen LogP contribution in [0.3, 0.4) is 0 Å². The Morgan fingerprint density at radius 3 is 2.50 bits per heavy atom. The largest absolute Gasteiger partial charge is 0.215 e. The van der Waals surface area contributed by atoms with Gasteiger partial charge in [0.15, 0.2) is 0 Å². The fourth-order valence-electron chi connectivity index (χ4n) is 2.22. The quantitative estimate of drug-likeness (QED) is 0.756. The molecular weight excluding hydrogens is 270 g/mol. The van der Waals surface area contributed by atoms with Crippen LogP contribution >= 0.6 is 0 Å². The van der Waals surface area contributed by atoms with E-state index in [0.717, 1.165) is 36.8 Å². The molecule has 1 rings (SSSR count). The van der Waals surface area contributed by atoms with Crippen molar-refractivity contribution in [2.75, 3.05) is 6.54 Å². The maximum absolute atomic E-state index is 12.1. The molecule has 0 saturated carbocycles. The maximum atomic E-state index is 12.1. The van der Waals surface area contributed by atoms with Crippen molar-refractivity contribution in [2.45, 2.75) is 52.2 Å². The molecule has 0 saturated heterocycles. The average molecular weight is 297 g/mol. The van der Waals surface area contributed by atoms with Crippen molar-refractivity contribution < 1.29 is 8.42 Å². The first-order chi connectivity index (χ1) is 9.48. The molecule has 0 unspecified atom stereocenters. The highest BCUT2D eigenvalue weighted by molar-refractivity contribution is 7.88. The van der Waals surface area contributed by atoms with Gasteiger partial charge in [-0.3, -0.25) is 0 Å². The molecule has 0 spiro atoms. The van der Waals surface area contributed by atoms with E-state index in [4.69, 9.17) is 0 Å². The molecule has 1 atom stereocenters. The Labute approximate surface area is 123 Å². The van der Waals surface area contributed by atoms with Crippen LogP contribution < -0.4 is 4.72 Å². The van der Waals surface area contributed by atoms with Crippen LogP contribution in [0.4, 0.5) is 0 Å². The van der Waals surface area contributed by atoms with Crippen LogP contribution in [0, 0.1) is 12.8 Å². The molecule has 20 heavy (non-hydrogen) atoms. The lowest BCUT2D eigenvalue weighted by atomic mass is 10.00. The topological polar surface area (TPSA) is 46.2 Å². The summed E-state index contributed by atoms with van der Waals surface area (Å²) in [5.41, 5.74) is 1.90. The minimum Gasteiger partial charge on any atom is -0.215 e. The zero-order valence-electron chi connectivity index (χ0n) is 12.9. The van der Waals surface area contributed by atoms with Crippen molar-refractivity contribution in [2.24, 2.45) is 5.92 Å². The summed E-state index contributed by atoms with van der Waals surface area (Å²) in [6.45, 7) is 6.79. The lowest BCUT2D eigenvalue weighted by Gasteiger charge is -2.15. The van der Waals surface area contributed by atoms with Crippen molar-refractivity contribution in [1.82, 2.24) is 4.72 Å². The fourth-order valence-corrected chi connectivity index (χ4v) is 3.54. The summed E-state index contributed by atoms with van der Waals surface area (Å²) in [6.07, 6.45) is 4.44. The lowest BCUT2D eigenvalue weighted by molar-refractivity contribution is 0.443. The second kappa shape index (κ2) is 8.42. The first kappa shape index (κ1) is 17.2. The summed E-state index contributed by atoms with van der Waals surface area (Å²) in [6, 6.07) is 7.63. The third-order valence-electron chi connectivity index (χ3n) is 3.74. The van der Waals surface area contributed by atoms with Crippen LogP contribution in [-0.4, -0.2) is 15.0 Å². The number of rotatable bonds is 9. The van der Waals surface area contributed by atoms with E-state index in [0.29, 0.717) is 12.5 Å². The average Bonchev–Trinajstić information content (AvgIpc) is 2.41. The number of sulfonamides is 1. The summed E-state index contributed by atoms with van der Waals surface area (Å²) >= 11 is 0. The van der Waals surface area contributed by atoms with Crippen LogP contribution in [0.2, 0.25) is 0 Å². The fraction of sp³-hybridized carbons (Fsp3) is 0.625. The Bertz CT molecular complexity index is 497. The van der Waals surface area contributed by atoms with E-state index in [2.05, 4.69) is 18.6 Å². The minimum absolute atomic E-state index is 0.0733. The molecule has 0 amide bonds. The molecule has 0 aliphatic carbocycles. The van der Waals surface area contributed by atoms with E-state index in [9.17, 15) is 8.42 Å². The Morgan fingerprint density at radius 2 is 1.90 bits per heavy atom. The van der Waals surface area contributed by atoms with E-state index >= 15 is 0 Å². The SMILES string of the molecule is CCCC[C@@H](CC)CNS(=O)(=O)Cc1ccccc1C. The molecule has 0 aromatic heterocycles. The number of hydrogen-bond donors (Lipinski definition) is 1. The molecule has 0 radical (unpaired) electrons. The lowest BCUT2D eigenvalue weighted by Crippen LogP contribution is -2.30. The molecule has 0 heterocycles. The van der Waals surface area contributed by atoms with Crippen LogP contribution in [0.15, 0.2) is 24.3 Å². The molecular formula is C16H27NO2S. The summed E-state index contributed by atoms with van der Waals surface area (Å²) < 4.78 is 27.0. The molecule has 114 valence electrons. The van der Waals surface area contributed by atoms with Crippen molar-refractivity contribution in [3.8, 4) is 0 Å². The zero-order valence-corrected chi connectivity index (χ0v) is 13.7. The van der Waals surface area contributed by atoms with E-state index in [1.54, 1.807) is 0 Å². The van der Waals surface area contributed by atoms with E-state index < -0.39 is 10.0 Å². The Kier molecular flexibility index (Phi) is 7.24. The highest BCUT2D eigenvalue weighted by Crippen LogP contribution is 2.14. The van der Waals surface area contributed by atoms with Crippen LogP contribution in [0.5, 0.6) is 0 Å². The Balaban J connectivity index is 2.55. The van der Waals surface area contributed by atoms with Gasteiger partial charge in [-0.15, -0.1) is 0 Å². The van der Waals surface area contributed by atoms with Gasteiger partial charge in [-0.2, -0.15) is 0 Å². The zero-order chi connectivity index (χ0) is 15.0. The van der Waals surface area contributed by atoms with Crippen LogP contribution in [0.25, 0.3) is 0 Å². The first-order valence-corrected chi connectivity index (χ1v) is 9.15. The van der Waals surface area contributed by atoms with Gasteiger partial charge in [0.25, 0.3) is 0 Å². The summed E-state index contributed by atoms with van der Waals surface area (Å²) in [5.74, 6) is 0.519. The number of nitrogens with one attached hydrogen (secondary N) is 1. The monoisotopic (exact) mass is 297 g/mol. The molecule has 4 heteroatoms. The number of hydrogen-bond acceptors (Lipinski definition) is 2. The third kappa shape index (κ3) is 6.06. The number of aryl methyl sites for hydroxylation is 1. The maximum Gasteiger partial charge on any atom is 0.215 e. The summed E-state index contributed by atoms with van der Waals surface area (Å²) in [4.78, 5) is 0. The first-order valence-electron chi connectivity index (χ1n) is 7.50. The molecule has 0 aliphatic heterocycles. The molecule has 1 N–H and O–H groups in total. The van der Waals surface area contributed by atoms with Gasteiger partial charge in [0.1, 0.15) is 0 Å². The normalized spacial score (nSPS) is 13.3. The van der Waals surface area contributed by atoms with E-state index in [-0.39, 0.29) is 5.75 Å². The van der Waals surface area contributed by atoms with Crippen molar-refractivity contribution in [3.05, 3.63) is 35.4 Å². The standard InChI is InChI=1S/C16H27NO2S/c1-4-6-10-15(5-2)12-17-20(18,19)13-16-11-8-7-9-14(16)3/h7-9,11,15,17H,4-6,10,12-13H2,1-3H3/t15-/m1/s1. The number of benzene rings is 1. The predicted molar refractivity (Wildman–Crippen MR) is 85.1 cm³/mol. The summed E-state index contributed by atoms with van der Waals surface area (Å²) in [7, 11) is -3.24. The molecule has 0 aliphatic rings. The second-order valence-corrected chi connectivity index (χ2v) is 7.26. The van der Waals surface area contributed by atoms with Gasteiger partial charge in [0.05, 0.1) is 5.75 Å². The van der Waals surface area contributed by atoms with Crippen LogP contribution in [-0.2, 0) is 15.8 Å². The van der Waals surface area contributed by atoms with Crippen molar-refractivity contribution in [3.63, 3.8) is 0 Å². The van der Waals surface area contributed by atoms with E-state index in [1.807, 2.05) is 31.2 Å². The minimum atomic E-state index is -3.24. The van der Waals surface area contributed by atoms with Gasteiger partial charge in [-0.1, -0.05) is 57.4 Å². The second-order valence-electron chi connectivity index (χ2n) is 5.45. The van der Waals surface area contributed by atoms with E-state index in [1.165, 1.54) is 0 Å². The third-order valence-corrected chi connectivity index (χ3v) is 5.04. The molecule has 1 aromatic rings. The molecule has 0 fully saturated rings. The highest BCUT2D eigenvalue weighted by Gasteiger charge is 2.15. The Hall–Kier alpha value is -0.870. The number of unbranched alkanes of at least 4 members (excludes halogenated alkanes) is 1. The Morgan fingerprint density at radius 1 is 1.20 bits per heavy atom. The van der Waals surface area contributed by atoms with Crippen LogP contribution in [0.1, 0.15) is 50.7 Å².